The van der Waals surface area contributed by atoms with E-state index < -0.39 is 12.2 Å². The van der Waals surface area contributed by atoms with Gasteiger partial charge in [-0.15, -0.1) is 0 Å². The van der Waals surface area contributed by atoms with Crippen LogP contribution >= 0.6 is 0 Å². The molecule has 0 bridgehead atoms. The number of ether oxygens (including phenoxy) is 2. The molecular formula is C24H45NO5. The van der Waals surface area contributed by atoms with Crippen LogP contribution in [0.5, 0.6) is 0 Å². The predicted molar refractivity (Wildman–Crippen MR) is 119 cm³/mol. The van der Waals surface area contributed by atoms with E-state index in [-0.39, 0.29) is 18.5 Å². The van der Waals surface area contributed by atoms with Crippen molar-refractivity contribution in [1.82, 2.24) is 0 Å². The average Bonchev–Trinajstić information content (AvgIpc) is 2.66. The third kappa shape index (κ3) is 17.5. The van der Waals surface area contributed by atoms with Gasteiger partial charge in [-0.3, -0.25) is 4.79 Å². The topological polar surface area (TPSA) is 75.7 Å². The highest BCUT2D eigenvalue weighted by Gasteiger charge is 2.21. The molecule has 0 N–H and O–H groups in total. The maximum atomic E-state index is 12.6. The van der Waals surface area contributed by atoms with Crippen LogP contribution in [0.1, 0.15) is 84.0 Å². The normalized spacial score (nSPS) is 13.9. The van der Waals surface area contributed by atoms with Crippen LogP contribution in [0.15, 0.2) is 12.2 Å². The van der Waals surface area contributed by atoms with Crippen LogP contribution in [-0.2, 0) is 19.1 Å². The molecule has 2 unspecified atom stereocenters. The van der Waals surface area contributed by atoms with Crippen molar-refractivity contribution in [1.29, 1.82) is 0 Å². The molecule has 0 aromatic carbocycles. The van der Waals surface area contributed by atoms with Crippen LogP contribution in [0.3, 0.4) is 0 Å². The minimum Gasteiger partial charge on any atom is -0.849 e. The highest BCUT2D eigenvalue weighted by Crippen LogP contribution is 2.14. The summed E-state index contributed by atoms with van der Waals surface area (Å²) in [5, 5.41) is 12.6. The lowest BCUT2D eigenvalue weighted by Crippen LogP contribution is -2.45. The number of quaternary nitrogens is 1. The molecule has 0 aliphatic heterocycles. The molecule has 0 spiro atoms. The number of carbonyl (C=O) groups is 2. The summed E-state index contributed by atoms with van der Waals surface area (Å²) in [5.74, 6) is -0.428. The second-order valence-corrected chi connectivity index (χ2v) is 9.10. The van der Waals surface area contributed by atoms with Crippen LogP contribution in [-0.4, -0.2) is 63.4 Å². The van der Waals surface area contributed by atoms with Gasteiger partial charge in [0.05, 0.1) is 34.4 Å². The van der Waals surface area contributed by atoms with Gasteiger partial charge in [0.2, 0.25) is 0 Å². The largest absolute Gasteiger partial charge is 0.849 e. The van der Waals surface area contributed by atoms with E-state index in [9.17, 15) is 14.7 Å². The molecule has 0 rings (SSSR count). The summed E-state index contributed by atoms with van der Waals surface area (Å²) in [6.07, 6.45) is 13.3. The molecule has 0 fully saturated rings. The molecule has 0 heterocycles. The summed E-state index contributed by atoms with van der Waals surface area (Å²) in [4.78, 5) is 23.2. The molecule has 0 aliphatic rings. The molecule has 176 valence electrons. The Bertz CT molecular complexity index is 484. The summed E-state index contributed by atoms with van der Waals surface area (Å²) in [6, 6.07) is 0. The molecule has 6 nitrogen and oxygen atoms in total. The number of nitrogens with zero attached hydrogens (tertiary/aromatic N) is 1. The Labute approximate surface area is 184 Å². The van der Waals surface area contributed by atoms with Crippen LogP contribution in [0, 0.1) is 0 Å². The van der Waals surface area contributed by atoms with E-state index in [0.717, 1.165) is 57.8 Å². The fourth-order valence-electron chi connectivity index (χ4n) is 3.17. The SMILES string of the molecule is CCCCCC(OC(=O)C[N+](C)(C)C)C([O-])C/C=C/CCCCCCCC(=O)OC. The number of likely N-dealkylation sites (N-methyl/N-ethyl adjacent to an activating group) is 1. The van der Waals surface area contributed by atoms with Crippen molar-refractivity contribution < 1.29 is 28.7 Å². The fourth-order valence-corrected chi connectivity index (χ4v) is 3.17. The van der Waals surface area contributed by atoms with Crippen LogP contribution in [0.4, 0.5) is 0 Å². The minimum atomic E-state index is -0.909. The van der Waals surface area contributed by atoms with Crippen molar-refractivity contribution in [3.8, 4) is 0 Å². The van der Waals surface area contributed by atoms with Crippen molar-refractivity contribution >= 4 is 11.9 Å². The summed E-state index contributed by atoms with van der Waals surface area (Å²) < 4.78 is 10.7. The van der Waals surface area contributed by atoms with Crippen LogP contribution < -0.4 is 5.11 Å². The van der Waals surface area contributed by atoms with Gasteiger partial charge in [-0.1, -0.05) is 57.3 Å². The first-order valence-corrected chi connectivity index (χ1v) is 11.6. The Morgan fingerprint density at radius 1 is 0.933 bits per heavy atom. The zero-order valence-electron chi connectivity index (χ0n) is 20.0. The molecule has 0 radical (unpaired) electrons. The zero-order chi connectivity index (χ0) is 22.8. The van der Waals surface area contributed by atoms with E-state index >= 15 is 0 Å². The monoisotopic (exact) mass is 427 g/mol. The number of allylic oxidation sites excluding steroid dienone is 1. The highest BCUT2D eigenvalue weighted by molar-refractivity contribution is 5.70. The van der Waals surface area contributed by atoms with Crippen molar-refractivity contribution in [2.45, 2.75) is 96.2 Å². The lowest BCUT2D eigenvalue weighted by atomic mass is 10.0. The van der Waals surface area contributed by atoms with Crippen LogP contribution in [0.2, 0.25) is 0 Å². The number of carbonyl (C=O) groups excluding carboxylic acids is 2. The first kappa shape index (κ1) is 28.6. The number of rotatable bonds is 18. The summed E-state index contributed by atoms with van der Waals surface area (Å²) >= 11 is 0. The van der Waals surface area contributed by atoms with Gasteiger partial charge in [-0.2, -0.15) is 0 Å². The smallest absolute Gasteiger partial charge is 0.361 e. The quantitative estimate of drug-likeness (QED) is 0.144. The first-order chi connectivity index (χ1) is 14.2. The van der Waals surface area contributed by atoms with Gasteiger partial charge in [-0.25, -0.2) is 4.79 Å². The lowest BCUT2D eigenvalue weighted by Gasteiger charge is -2.32. The second-order valence-electron chi connectivity index (χ2n) is 9.10. The molecule has 30 heavy (non-hydrogen) atoms. The van der Waals surface area contributed by atoms with Crippen molar-refractivity contribution in [3.63, 3.8) is 0 Å². The Balaban J connectivity index is 4.16. The number of hydrogen-bond donors (Lipinski definition) is 0. The molecule has 6 heteroatoms. The Morgan fingerprint density at radius 3 is 2.23 bits per heavy atom. The van der Waals surface area contributed by atoms with Crippen molar-refractivity contribution in [3.05, 3.63) is 12.2 Å². The highest BCUT2D eigenvalue weighted by atomic mass is 16.6. The van der Waals surface area contributed by atoms with Gasteiger partial charge in [-0.05, 0) is 38.5 Å². The zero-order valence-corrected chi connectivity index (χ0v) is 20.0. The van der Waals surface area contributed by atoms with E-state index in [4.69, 9.17) is 4.74 Å². The Morgan fingerprint density at radius 2 is 1.60 bits per heavy atom. The molecule has 0 aromatic rings. The van der Waals surface area contributed by atoms with Gasteiger partial charge < -0.3 is 19.1 Å². The van der Waals surface area contributed by atoms with Crippen molar-refractivity contribution in [2.24, 2.45) is 0 Å². The molecule has 2 atom stereocenters. The number of methoxy groups -OCH3 is 1. The number of hydrogen-bond acceptors (Lipinski definition) is 5. The van der Waals surface area contributed by atoms with E-state index in [1.165, 1.54) is 7.11 Å². The Kier molecular flexibility index (Phi) is 16.5. The maximum Gasteiger partial charge on any atom is 0.361 e. The van der Waals surface area contributed by atoms with Gasteiger partial charge in [0.1, 0.15) is 0 Å². The van der Waals surface area contributed by atoms with Crippen molar-refractivity contribution in [2.75, 3.05) is 34.8 Å². The molecule has 0 saturated carbocycles. The van der Waals surface area contributed by atoms with Gasteiger partial charge in [0.25, 0.3) is 0 Å². The number of esters is 2. The van der Waals surface area contributed by atoms with Gasteiger partial charge >= 0.3 is 11.9 Å². The van der Waals surface area contributed by atoms with Crippen LogP contribution in [0.25, 0.3) is 0 Å². The second kappa shape index (κ2) is 17.3. The lowest BCUT2D eigenvalue weighted by molar-refractivity contribution is -0.862. The molecule has 0 saturated heterocycles. The summed E-state index contributed by atoms with van der Waals surface area (Å²) in [5.41, 5.74) is 0. The maximum absolute atomic E-state index is 12.6. The first-order valence-electron chi connectivity index (χ1n) is 11.6. The molecule has 0 amide bonds. The van der Waals surface area contributed by atoms with E-state index in [2.05, 4.69) is 17.7 Å². The van der Waals surface area contributed by atoms with E-state index in [1.807, 2.05) is 27.2 Å². The predicted octanol–water partition coefficient (Wildman–Crippen LogP) is 3.76. The van der Waals surface area contributed by atoms with E-state index in [0.29, 0.717) is 23.7 Å². The van der Waals surface area contributed by atoms with Gasteiger partial charge in [0, 0.05) is 6.42 Å². The third-order valence-corrected chi connectivity index (χ3v) is 4.91. The summed E-state index contributed by atoms with van der Waals surface area (Å²) in [6.45, 7) is 2.39. The number of unbranched alkanes of at least 4 members (excludes halogenated alkanes) is 7. The molecule has 0 aliphatic carbocycles. The fraction of sp³-hybridized carbons (Fsp3) is 0.833. The summed E-state index contributed by atoms with van der Waals surface area (Å²) in [7, 11) is 7.22. The van der Waals surface area contributed by atoms with E-state index in [1.54, 1.807) is 0 Å². The molecule has 0 aromatic heterocycles. The third-order valence-electron chi connectivity index (χ3n) is 4.91. The standard InChI is InChI=1S/C24H45NO5/c1-6-7-14-18-22(30-24(28)20-25(2,3)4)21(26)17-15-12-10-8-9-11-13-16-19-23(27)29-5/h12,15,21-22H,6-11,13-14,16-20H2,1-5H3/b15-12+. The molecular weight excluding hydrogens is 382 g/mol. The van der Waals surface area contributed by atoms with Gasteiger partial charge in [0.15, 0.2) is 6.54 Å². The Hall–Kier alpha value is -1.40. The average molecular weight is 428 g/mol. The minimum absolute atomic E-state index is 0.138.